The fourth-order valence-corrected chi connectivity index (χ4v) is 1.72. The van der Waals surface area contributed by atoms with Crippen molar-refractivity contribution in [3.63, 3.8) is 0 Å². The summed E-state index contributed by atoms with van der Waals surface area (Å²) in [7, 11) is 0. The van der Waals surface area contributed by atoms with E-state index in [1.54, 1.807) is 0 Å². The van der Waals surface area contributed by atoms with E-state index < -0.39 is 0 Å². The third-order valence-corrected chi connectivity index (χ3v) is 3.05. The molecule has 18 heavy (non-hydrogen) atoms. The molecule has 0 atom stereocenters. The summed E-state index contributed by atoms with van der Waals surface area (Å²) in [6.07, 6.45) is 4.22. The van der Waals surface area contributed by atoms with Crippen LogP contribution < -0.4 is 10.6 Å². The Kier molecular flexibility index (Phi) is 21.6. The summed E-state index contributed by atoms with van der Waals surface area (Å²) in [5.41, 5.74) is 0. The maximum Gasteiger partial charge on any atom is -0.00474 e. The minimum absolute atomic E-state index is 1.09. The van der Waals surface area contributed by atoms with E-state index in [9.17, 15) is 0 Å². The van der Waals surface area contributed by atoms with Gasteiger partial charge in [0.2, 0.25) is 0 Å². The third kappa shape index (κ3) is 18.3. The Hall–Kier alpha value is -0.120. The van der Waals surface area contributed by atoms with Crippen molar-refractivity contribution in [1.82, 2.24) is 15.5 Å². The van der Waals surface area contributed by atoms with E-state index in [1.807, 2.05) is 0 Å². The first-order chi connectivity index (χ1) is 8.76. The molecule has 0 aromatic heterocycles. The average molecular weight is 259 g/mol. The minimum Gasteiger partial charge on any atom is -0.317 e. The molecule has 2 N–H and O–H groups in total. The highest BCUT2D eigenvalue weighted by atomic mass is 15.1. The van der Waals surface area contributed by atoms with Crippen LogP contribution in [0.1, 0.15) is 53.9 Å². The van der Waals surface area contributed by atoms with Crippen LogP contribution in [0.3, 0.4) is 0 Å². The molecule has 0 aromatic carbocycles. The van der Waals surface area contributed by atoms with E-state index >= 15 is 0 Å². The molecule has 0 aliphatic carbocycles. The zero-order valence-corrected chi connectivity index (χ0v) is 13.5. The van der Waals surface area contributed by atoms with E-state index in [4.69, 9.17) is 0 Å². The Morgan fingerprint density at radius 3 is 1.28 bits per heavy atom. The van der Waals surface area contributed by atoms with Crippen LogP contribution in [0.4, 0.5) is 0 Å². The lowest BCUT2D eigenvalue weighted by Gasteiger charge is -2.13. The van der Waals surface area contributed by atoms with Crippen molar-refractivity contribution in [1.29, 1.82) is 0 Å². The van der Waals surface area contributed by atoms with Crippen molar-refractivity contribution in [2.75, 3.05) is 45.8 Å². The number of hydrogen-bond donors (Lipinski definition) is 2. The topological polar surface area (TPSA) is 27.3 Å². The summed E-state index contributed by atoms with van der Waals surface area (Å²) in [5, 5.41) is 6.40. The van der Waals surface area contributed by atoms with Crippen molar-refractivity contribution in [2.24, 2.45) is 0 Å². The lowest BCUT2D eigenvalue weighted by atomic mass is 10.2. The Labute approximate surface area is 116 Å². The van der Waals surface area contributed by atoms with Gasteiger partial charge in [0, 0.05) is 0 Å². The summed E-state index contributed by atoms with van der Waals surface area (Å²) in [6, 6.07) is 0. The molecule has 1 aliphatic heterocycles. The second-order valence-electron chi connectivity index (χ2n) is 4.39. The Morgan fingerprint density at radius 1 is 0.778 bits per heavy atom. The molecule has 3 heteroatoms. The first-order valence-electron chi connectivity index (χ1n) is 7.90. The largest absolute Gasteiger partial charge is 0.317 e. The number of nitrogens with one attached hydrogen (secondary N) is 2. The van der Waals surface area contributed by atoms with Gasteiger partial charge in [0.25, 0.3) is 0 Å². The molecule has 0 radical (unpaired) electrons. The van der Waals surface area contributed by atoms with Gasteiger partial charge in [0.05, 0.1) is 0 Å². The van der Waals surface area contributed by atoms with E-state index in [0.29, 0.717) is 0 Å². The summed E-state index contributed by atoms with van der Waals surface area (Å²) >= 11 is 0. The number of nitrogens with zero attached hydrogens (tertiary/aromatic N) is 1. The van der Waals surface area contributed by atoms with E-state index in [0.717, 1.165) is 13.1 Å². The zero-order chi connectivity index (χ0) is 14.1. The van der Waals surface area contributed by atoms with Gasteiger partial charge in [-0.15, -0.1) is 0 Å². The number of rotatable bonds is 5. The average Bonchev–Trinajstić information content (AvgIpc) is 2.45. The lowest BCUT2D eigenvalue weighted by molar-refractivity contribution is 0.321. The molecule has 1 fully saturated rings. The smallest absolute Gasteiger partial charge is 0.00474 e. The van der Waals surface area contributed by atoms with E-state index in [1.165, 1.54) is 52.0 Å². The van der Waals surface area contributed by atoms with Crippen LogP contribution in [0.5, 0.6) is 0 Å². The van der Waals surface area contributed by atoms with Crippen LogP contribution >= 0.6 is 0 Å². The van der Waals surface area contributed by atoms with Gasteiger partial charge in [0.15, 0.2) is 0 Å². The molecule has 3 nitrogen and oxygen atoms in total. The maximum atomic E-state index is 3.28. The second kappa shape index (κ2) is 19.2. The summed E-state index contributed by atoms with van der Waals surface area (Å²) < 4.78 is 0. The molecule has 0 aromatic rings. The molecular formula is C15H37N3. The fraction of sp³-hybridized carbons (Fsp3) is 1.00. The molecule has 0 bridgehead atoms. The Morgan fingerprint density at radius 2 is 1.22 bits per heavy atom. The van der Waals surface area contributed by atoms with Gasteiger partial charge in [-0.1, -0.05) is 41.0 Å². The zero-order valence-electron chi connectivity index (χ0n) is 13.5. The Balaban J connectivity index is 0. The molecule has 0 amide bonds. The predicted molar refractivity (Wildman–Crippen MR) is 84.4 cm³/mol. The highest BCUT2D eigenvalue weighted by molar-refractivity contribution is 4.55. The molecule has 1 aliphatic rings. The summed E-state index contributed by atoms with van der Waals surface area (Å²) in [4.78, 5) is 2.38. The SMILES string of the molecule is C1CCNCC1.CCN(CC)CC.CCNCC. The van der Waals surface area contributed by atoms with Gasteiger partial charge in [-0.3, -0.25) is 0 Å². The minimum atomic E-state index is 1.09. The normalized spacial score (nSPS) is 14.3. The van der Waals surface area contributed by atoms with Crippen molar-refractivity contribution < 1.29 is 0 Å². The fourth-order valence-electron chi connectivity index (χ4n) is 1.72. The number of hydrogen-bond acceptors (Lipinski definition) is 3. The highest BCUT2D eigenvalue weighted by Gasteiger charge is 1.93. The van der Waals surface area contributed by atoms with Gasteiger partial charge in [-0.05, 0) is 58.7 Å². The predicted octanol–water partition coefficient (Wildman–Crippen LogP) is 2.72. The molecule has 0 saturated carbocycles. The van der Waals surface area contributed by atoms with Crippen LogP contribution in [0.15, 0.2) is 0 Å². The molecular weight excluding hydrogens is 222 g/mol. The second-order valence-corrected chi connectivity index (χ2v) is 4.39. The van der Waals surface area contributed by atoms with Crippen molar-refractivity contribution in [2.45, 2.75) is 53.9 Å². The summed E-state index contributed by atoms with van der Waals surface area (Å²) in [5.74, 6) is 0. The molecule has 112 valence electrons. The van der Waals surface area contributed by atoms with Gasteiger partial charge in [-0.25, -0.2) is 0 Å². The first-order valence-corrected chi connectivity index (χ1v) is 7.90. The standard InChI is InChI=1S/C6H15N.C5H11N.C4H11N/c1-4-7(5-2)6-3;1-2-4-6-5-3-1;1-3-5-4-2/h4-6H2,1-3H3;6H,1-5H2;5H,3-4H2,1-2H3. The Bertz CT molecular complexity index is 102. The molecule has 1 heterocycles. The van der Waals surface area contributed by atoms with Crippen LogP contribution in [-0.4, -0.2) is 50.7 Å². The highest BCUT2D eigenvalue weighted by Crippen LogP contribution is 1.96. The van der Waals surface area contributed by atoms with Crippen molar-refractivity contribution >= 4 is 0 Å². The van der Waals surface area contributed by atoms with Gasteiger partial charge in [-0.2, -0.15) is 0 Å². The maximum absolute atomic E-state index is 3.28. The van der Waals surface area contributed by atoms with Gasteiger partial charge < -0.3 is 15.5 Å². The monoisotopic (exact) mass is 259 g/mol. The third-order valence-electron chi connectivity index (χ3n) is 3.05. The van der Waals surface area contributed by atoms with Crippen molar-refractivity contribution in [3.8, 4) is 0 Å². The quantitative estimate of drug-likeness (QED) is 0.795. The molecule has 1 rings (SSSR count). The van der Waals surface area contributed by atoms with Crippen LogP contribution in [0, 0.1) is 0 Å². The number of piperidine rings is 1. The molecule has 1 saturated heterocycles. The van der Waals surface area contributed by atoms with Gasteiger partial charge >= 0.3 is 0 Å². The first kappa shape index (κ1) is 20.2. The molecule has 0 unspecified atom stereocenters. The lowest BCUT2D eigenvalue weighted by Crippen LogP contribution is -2.21. The van der Waals surface area contributed by atoms with Crippen molar-refractivity contribution in [3.05, 3.63) is 0 Å². The van der Waals surface area contributed by atoms with Crippen LogP contribution in [0.2, 0.25) is 0 Å². The molecule has 0 spiro atoms. The van der Waals surface area contributed by atoms with E-state index in [2.05, 4.69) is 50.2 Å². The summed E-state index contributed by atoms with van der Waals surface area (Å²) in [6.45, 7) is 19.0. The van der Waals surface area contributed by atoms with E-state index in [-0.39, 0.29) is 0 Å². The van der Waals surface area contributed by atoms with Gasteiger partial charge in [0.1, 0.15) is 0 Å². The van der Waals surface area contributed by atoms with Crippen LogP contribution in [0.25, 0.3) is 0 Å². The van der Waals surface area contributed by atoms with Crippen LogP contribution in [-0.2, 0) is 0 Å².